The molecule has 4 fully saturated rings. The van der Waals surface area contributed by atoms with E-state index in [1.54, 1.807) is 0 Å². The third kappa shape index (κ3) is 4.29. The van der Waals surface area contributed by atoms with Crippen LogP contribution in [-0.2, 0) is 0 Å². The summed E-state index contributed by atoms with van der Waals surface area (Å²) < 4.78 is 0. The molecule has 6 nitrogen and oxygen atoms in total. The lowest BCUT2D eigenvalue weighted by Crippen LogP contribution is -2.52. The minimum Gasteiger partial charge on any atom is -0.378 e. The summed E-state index contributed by atoms with van der Waals surface area (Å²) in [5, 5.41) is 19.7. The summed E-state index contributed by atoms with van der Waals surface area (Å²) >= 11 is 2.16. The molecule has 5 aliphatic rings. The zero-order valence-corrected chi connectivity index (χ0v) is 19.6. The van der Waals surface area contributed by atoms with Crippen LogP contribution in [0.25, 0.3) is 0 Å². The number of aliphatic hydroxyl groups is 1. The summed E-state index contributed by atoms with van der Waals surface area (Å²) in [4.78, 5) is 9.67. The molecule has 6 atom stereocenters. The molecule has 0 spiro atoms. The number of aliphatic imine (C=N–C) groups is 1. The largest absolute Gasteiger partial charge is 0.378 e. The highest BCUT2D eigenvalue weighted by Crippen LogP contribution is 2.55. The average molecular weight is 436 g/mol. The lowest BCUT2D eigenvalue weighted by Gasteiger charge is -2.38. The van der Waals surface area contributed by atoms with Crippen molar-refractivity contribution in [3.8, 4) is 0 Å². The standard InChI is InChI=1S/C23H41N5OS/c1-27(2)17-8-6-16(7-9-17)26-22-21-20-15(13-19(29)28-11-3-4-12-28)5-10-18(20)30-23(21)25-14-24-22/h15-21,23,25,29H,3-14H2,1-2H3,(H,24,26)/t15?,16-,17-,18?,19?,20-,21?,23?/m1/s1. The number of aliphatic hydroxyl groups excluding tert-OH is 1. The summed E-state index contributed by atoms with van der Waals surface area (Å²) in [6.45, 7) is 2.91. The van der Waals surface area contributed by atoms with Crippen LogP contribution in [-0.4, -0.2) is 83.5 Å². The van der Waals surface area contributed by atoms with Gasteiger partial charge in [0.15, 0.2) is 0 Å². The molecule has 3 heterocycles. The molecule has 5 unspecified atom stereocenters. The number of rotatable bonds is 5. The molecular weight excluding hydrogens is 394 g/mol. The number of hydrogen-bond acceptors (Lipinski definition) is 7. The minimum absolute atomic E-state index is 0.244. The van der Waals surface area contributed by atoms with E-state index in [1.165, 1.54) is 57.2 Å². The maximum atomic E-state index is 10.9. The van der Waals surface area contributed by atoms with Gasteiger partial charge in [-0.05, 0) is 83.7 Å². The topological polar surface area (TPSA) is 63.1 Å². The van der Waals surface area contributed by atoms with Crippen molar-refractivity contribution in [1.29, 1.82) is 0 Å². The first-order valence-electron chi connectivity index (χ1n) is 12.4. The van der Waals surface area contributed by atoms with Crippen molar-refractivity contribution in [3.63, 3.8) is 0 Å². The average Bonchev–Trinajstić information content (AvgIpc) is 3.46. The van der Waals surface area contributed by atoms with Crippen molar-refractivity contribution >= 4 is 17.6 Å². The van der Waals surface area contributed by atoms with Gasteiger partial charge >= 0.3 is 0 Å². The van der Waals surface area contributed by atoms with Gasteiger partial charge in [-0.1, -0.05) is 0 Å². The second kappa shape index (κ2) is 9.26. The lowest BCUT2D eigenvalue weighted by molar-refractivity contribution is -0.00429. The molecule has 0 bridgehead atoms. The number of thioether (sulfide) groups is 1. The fraction of sp³-hybridized carbons (Fsp3) is 0.957. The van der Waals surface area contributed by atoms with Crippen LogP contribution in [0.1, 0.15) is 57.8 Å². The van der Waals surface area contributed by atoms with Crippen LogP contribution in [0.5, 0.6) is 0 Å². The molecule has 0 aromatic rings. The maximum Gasteiger partial charge on any atom is 0.107 e. The van der Waals surface area contributed by atoms with Crippen molar-refractivity contribution in [3.05, 3.63) is 0 Å². The summed E-state index contributed by atoms with van der Waals surface area (Å²) in [7, 11) is 4.43. The summed E-state index contributed by atoms with van der Waals surface area (Å²) in [5.41, 5.74) is 0. The van der Waals surface area contributed by atoms with Crippen LogP contribution in [0, 0.1) is 17.8 Å². The van der Waals surface area contributed by atoms with Gasteiger partial charge in [0.25, 0.3) is 0 Å². The normalized spacial score (nSPS) is 42.8. The van der Waals surface area contributed by atoms with Gasteiger partial charge in [-0.15, -0.1) is 11.8 Å². The first-order valence-corrected chi connectivity index (χ1v) is 13.3. The summed E-state index contributed by atoms with van der Waals surface area (Å²) in [6, 6.07) is 1.32. The van der Waals surface area contributed by atoms with Crippen molar-refractivity contribution in [2.75, 3.05) is 33.9 Å². The van der Waals surface area contributed by atoms with E-state index < -0.39 is 0 Å². The number of amidine groups is 1. The van der Waals surface area contributed by atoms with Crippen LogP contribution in [0.15, 0.2) is 4.99 Å². The number of fused-ring (bicyclic) bond motifs is 3. The second-order valence-electron chi connectivity index (χ2n) is 10.5. The van der Waals surface area contributed by atoms with Gasteiger partial charge < -0.3 is 15.3 Å². The molecule has 3 N–H and O–H groups in total. The Balaban J connectivity index is 1.24. The highest BCUT2D eigenvalue weighted by atomic mass is 32.2. The summed E-state index contributed by atoms with van der Waals surface area (Å²) in [6.07, 6.45) is 10.9. The van der Waals surface area contributed by atoms with E-state index in [0.717, 1.165) is 37.5 Å². The Labute approximate surface area is 186 Å². The Hall–Kier alpha value is -0.340. The Morgan fingerprint density at radius 2 is 1.93 bits per heavy atom. The van der Waals surface area contributed by atoms with Crippen LogP contribution in [0.3, 0.4) is 0 Å². The smallest absolute Gasteiger partial charge is 0.107 e. The van der Waals surface area contributed by atoms with Crippen molar-refractivity contribution < 1.29 is 5.11 Å². The van der Waals surface area contributed by atoms with Gasteiger partial charge in [0, 0.05) is 36.3 Å². The molecule has 0 radical (unpaired) electrons. The maximum absolute atomic E-state index is 10.9. The zero-order valence-electron chi connectivity index (χ0n) is 18.8. The molecule has 2 saturated carbocycles. The van der Waals surface area contributed by atoms with Gasteiger partial charge in [0.2, 0.25) is 0 Å². The molecule has 2 aliphatic carbocycles. The molecule has 0 aromatic carbocycles. The quantitative estimate of drug-likeness (QED) is 0.616. The second-order valence-corrected chi connectivity index (χ2v) is 11.9. The fourth-order valence-corrected chi connectivity index (χ4v) is 8.75. The van der Waals surface area contributed by atoms with E-state index in [-0.39, 0.29) is 6.23 Å². The lowest BCUT2D eigenvalue weighted by atomic mass is 9.80. The van der Waals surface area contributed by atoms with E-state index in [4.69, 9.17) is 4.99 Å². The van der Waals surface area contributed by atoms with Crippen LogP contribution in [0.2, 0.25) is 0 Å². The highest BCUT2D eigenvalue weighted by Gasteiger charge is 2.54. The molecule has 0 amide bonds. The summed E-state index contributed by atoms with van der Waals surface area (Å²) in [5.74, 6) is 3.08. The highest BCUT2D eigenvalue weighted by molar-refractivity contribution is 8.00. The number of nitrogens with one attached hydrogen (secondary N) is 2. The predicted octanol–water partition coefficient (Wildman–Crippen LogP) is 2.30. The molecular formula is C23H41N5OS. The predicted molar refractivity (Wildman–Crippen MR) is 125 cm³/mol. The molecule has 7 heteroatoms. The Morgan fingerprint density at radius 3 is 2.67 bits per heavy atom. The molecule has 30 heavy (non-hydrogen) atoms. The SMILES string of the molecule is CN(C)[C@H]1CC[C@H](NC2=NCNC3SC4CCC(CC(O)N5CCCC5)[C@H]4C23)CC1. The number of hydrogen-bond donors (Lipinski definition) is 3. The molecule has 0 aromatic heterocycles. The van der Waals surface area contributed by atoms with Crippen LogP contribution >= 0.6 is 11.8 Å². The van der Waals surface area contributed by atoms with Gasteiger partial charge in [0.05, 0.1) is 12.0 Å². The molecule has 5 rings (SSSR count). The molecule has 170 valence electrons. The number of likely N-dealkylation sites (tertiary alicyclic amines) is 1. The van der Waals surface area contributed by atoms with Gasteiger partial charge in [-0.2, -0.15) is 0 Å². The van der Waals surface area contributed by atoms with Gasteiger partial charge in [-0.3, -0.25) is 15.2 Å². The first-order chi connectivity index (χ1) is 14.6. The third-order valence-corrected chi connectivity index (χ3v) is 10.2. The monoisotopic (exact) mass is 435 g/mol. The Morgan fingerprint density at radius 1 is 1.17 bits per heavy atom. The zero-order chi connectivity index (χ0) is 20.7. The molecule has 2 saturated heterocycles. The van der Waals surface area contributed by atoms with E-state index >= 15 is 0 Å². The number of nitrogens with zero attached hydrogens (tertiary/aromatic N) is 3. The van der Waals surface area contributed by atoms with Gasteiger partial charge in [-0.25, -0.2) is 0 Å². The Bertz CT molecular complexity index is 617. The van der Waals surface area contributed by atoms with Crippen molar-refractivity contribution in [2.45, 2.75) is 86.7 Å². The van der Waals surface area contributed by atoms with Crippen LogP contribution in [0.4, 0.5) is 0 Å². The molecule has 3 aliphatic heterocycles. The van der Waals surface area contributed by atoms with E-state index in [0.29, 0.717) is 29.2 Å². The Kier molecular flexibility index (Phi) is 6.64. The van der Waals surface area contributed by atoms with Crippen LogP contribution < -0.4 is 10.6 Å². The van der Waals surface area contributed by atoms with Gasteiger partial charge in [0.1, 0.15) is 12.1 Å². The van der Waals surface area contributed by atoms with E-state index in [1.807, 2.05) is 0 Å². The van der Waals surface area contributed by atoms with E-state index in [2.05, 4.69) is 46.3 Å². The third-order valence-electron chi connectivity index (χ3n) is 8.57. The fourth-order valence-electron chi connectivity index (χ4n) is 6.87. The minimum atomic E-state index is -0.244. The van der Waals surface area contributed by atoms with Crippen molar-refractivity contribution in [2.24, 2.45) is 22.7 Å². The first kappa shape index (κ1) is 21.5. The van der Waals surface area contributed by atoms with E-state index in [9.17, 15) is 5.11 Å². The van der Waals surface area contributed by atoms with Crippen molar-refractivity contribution in [1.82, 2.24) is 20.4 Å².